The van der Waals surface area contributed by atoms with E-state index in [1.165, 1.54) is 0 Å². The quantitative estimate of drug-likeness (QED) is 0.711. The van der Waals surface area contributed by atoms with Gasteiger partial charge in [0.15, 0.2) is 0 Å². The molecule has 1 atom stereocenters. The third kappa shape index (κ3) is 5.29. The summed E-state index contributed by atoms with van der Waals surface area (Å²) >= 11 is 0. The van der Waals surface area contributed by atoms with Crippen molar-refractivity contribution in [3.05, 3.63) is 35.9 Å². The minimum atomic E-state index is -0.248. The van der Waals surface area contributed by atoms with Crippen LogP contribution in [0.3, 0.4) is 0 Å². The molecule has 3 heteroatoms. The van der Waals surface area contributed by atoms with Crippen molar-refractivity contribution in [3.8, 4) is 0 Å². The van der Waals surface area contributed by atoms with Crippen LogP contribution in [0, 0.1) is 5.92 Å². The maximum atomic E-state index is 11.4. The molecule has 0 aliphatic heterocycles. The van der Waals surface area contributed by atoms with E-state index >= 15 is 0 Å². The van der Waals surface area contributed by atoms with E-state index in [1.54, 1.807) is 6.92 Å². The molecule has 0 heterocycles. The number of carbonyl (C=O) groups excluding carboxylic acids is 2. The van der Waals surface area contributed by atoms with E-state index in [0.29, 0.717) is 19.4 Å². The van der Waals surface area contributed by atoms with Crippen molar-refractivity contribution in [1.82, 2.24) is 0 Å². The fourth-order valence-electron chi connectivity index (χ4n) is 1.35. The smallest absolute Gasteiger partial charge is 0.306 e. The second-order valence-corrected chi connectivity index (χ2v) is 4.20. The molecule has 1 rings (SSSR count). The summed E-state index contributed by atoms with van der Waals surface area (Å²) in [5.41, 5.74) is 0.973. The molecule has 0 unspecified atom stereocenters. The Balaban J connectivity index is 2.24. The van der Waals surface area contributed by atoms with Gasteiger partial charge < -0.3 is 4.74 Å². The number of hydrogen-bond donors (Lipinski definition) is 0. The molecule has 0 N–H and O–H groups in total. The molecular formula is C14H18O3. The maximum absolute atomic E-state index is 11.4. The van der Waals surface area contributed by atoms with E-state index in [1.807, 2.05) is 37.3 Å². The van der Waals surface area contributed by atoms with Crippen molar-refractivity contribution >= 4 is 11.8 Å². The summed E-state index contributed by atoms with van der Waals surface area (Å²) in [6.07, 6.45) is 0.858. The van der Waals surface area contributed by atoms with Crippen LogP contribution in [0.25, 0.3) is 0 Å². The van der Waals surface area contributed by atoms with Crippen LogP contribution in [0.2, 0.25) is 0 Å². The second-order valence-electron chi connectivity index (χ2n) is 4.20. The highest BCUT2D eigenvalue weighted by Gasteiger charge is 2.11. The van der Waals surface area contributed by atoms with Crippen LogP contribution in [-0.4, -0.2) is 11.8 Å². The Bertz CT molecular complexity index is 370. The molecule has 0 amide bonds. The summed E-state index contributed by atoms with van der Waals surface area (Å²) < 4.78 is 5.11. The van der Waals surface area contributed by atoms with Gasteiger partial charge in [-0.2, -0.15) is 0 Å². The van der Waals surface area contributed by atoms with Gasteiger partial charge in [0.2, 0.25) is 0 Å². The molecule has 0 spiro atoms. The van der Waals surface area contributed by atoms with Gasteiger partial charge in [0.05, 0.1) is 0 Å². The predicted molar refractivity (Wildman–Crippen MR) is 65.3 cm³/mol. The molecule has 0 bridgehead atoms. The van der Waals surface area contributed by atoms with E-state index in [0.717, 1.165) is 5.56 Å². The van der Waals surface area contributed by atoms with Crippen molar-refractivity contribution in [1.29, 1.82) is 0 Å². The summed E-state index contributed by atoms with van der Waals surface area (Å²) in [5, 5.41) is 0. The van der Waals surface area contributed by atoms with Gasteiger partial charge in [-0.05, 0) is 18.9 Å². The standard InChI is InChI=1S/C14H18O3/c1-11(12(2)15)8-9-14(16)17-10-13-6-4-3-5-7-13/h3-7,11H,8-10H2,1-2H3/t11-/m1/s1. The molecule has 0 saturated heterocycles. The summed E-state index contributed by atoms with van der Waals surface area (Å²) in [4.78, 5) is 22.4. The van der Waals surface area contributed by atoms with Crippen LogP contribution in [-0.2, 0) is 20.9 Å². The zero-order valence-electron chi connectivity index (χ0n) is 10.3. The van der Waals surface area contributed by atoms with Crippen molar-refractivity contribution in [2.75, 3.05) is 0 Å². The fourth-order valence-corrected chi connectivity index (χ4v) is 1.35. The summed E-state index contributed by atoms with van der Waals surface area (Å²) in [5.74, 6) is -0.206. The number of esters is 1. The van der Waals surface area contributed by atoms with Gasteiger partial charge in [0, 0.05) is 12.3 Å². The topological polar surface area (TPSA) is 43.4 Å². The molecule has 0 saturated carbocycles. The molecule has 17 heavy (non-hydrogen) atoms. The summed E-state index contributed by atoms with van der Waals surface area (Å²) in [6, 6.07) is 9.54. The molecule has 0 aliphatic rings. The minimum absolute atomic E-state index is 0.0701. The number of Topliss-reactive ketones (excluding diaryl/α,β-unsaturated/α-hetero) is 1. The first-order chi connectivity index (χ1) is 8.09. The van der Waals surface area contributed by atoms with Gasteiger partial charge in [0.25, 0.3) is 0 Å². The van der Waals surface area contributed by atoms with Crippen LogP contribution < -0.4 is 0 Å². The highest BCUT2D eigenvalue weighted by atomic mass is 16.5. The van der Waals surface area contributed by atoms with Gasteiger partial charge >= 0.3 is 5.97 Å². The third-order valence-corrected chi connectivity index (χ3v) is 2.72. The van der Waals surface area contributed by atoms with E-state index in [4.69, 9.17) is 4.74 Å². The van der Waals surface area contributed by atoms with Crippen LogP contribution >= 0.6 is 0 Å². The first-order valence-corrected chi connectivity index (χ1v) is 5.79. The van der Waals surface area contributed by atoms with Gasteiger partial charge in [-0.1, -0.05) is 37.3 Å². The Morgan fingerprint density at radius 3 is 2.47 bits per heavy atom. The lowest BCUT2D eigenvalue weighted by Gasteiger charge is -2.07. The van der Waals surface area contributed by atoms with Crippen LogP contribution in [0.4, 0.5) is 0 Å². The number of ether oxygens (including phenoxy) is 1. The van der Waals surface area contributed by atoms with Crippen LogP contribution in [0.15, 0.2) is 30.3 Å². The first-order valence-electron chi connectivity index (χ1n) is 5.79. The Kier molecular flexibility index (Phi) is 5.40. The molecule has 0 aliphatic carbocycles. The average molecular weight is 234 g/mol. The molecule has 0 aromatic heterocycles. The molecule has 3 nitrogen and oxygen atoms in total. The highest BCUT2D eigenvalue weighted by molar-refractivity contribution is 5.78. The second kappa shape index (κ2) is 6.84. The summed E-state index contributed by atoms with van der Waals surface area (Å²) in [6.45, 7) is 3.67. The molecule has 92 valence electrons. The predicted octanol–water partition coefficient (Wildman–Crippen LogP) is 2.74. The zero-order chi connectivity index (χ0) is 12.7. The van der Waals surface area contributed by atoms with Crippen molar-refractivity contribution in [2.24, 2.45) is 5.92 Å². The van der Waals surface area contributed by atoms with E-state index in [-0.39, 0.29) is 17.7 Å². The Morgan fingerprint density at radius 1 is 1.24 bits per heavy atom. The SMILES string of the molecule is CC(=O)[C@H](C)CCC(=O)OCc1ccccc1. The van der Waals surface area contributed by atoms with Crippen molar-refractivity contribution < 1.29 is 14.3 Å². The third-order valence-electron chi connectivity index (χ3n) is 2.72. The molecule has 1 aromatic rings. The Labute approximate surface area is 102 Å². The molecular weight excluding hydrogens is 216 g/mol. The van der Waals surface area contributed by atoms with Gasteiger partial charge in [0.1, 0.15) is 12.4 Å². The highest BCUT2D eigenvalue weighted by Crippen LogP contribution is 2.08. The lowest BCUT2D eigenvalue weighted by Crippen LogP contribution is -2.11. The summed E-state index contributed by atoms with van der Waals surface area (Å²) in [7, 11) is 0. The molecule has 0 radical (unpaired) electrons. The van der Waals surface area contributed by atoms with E-state index < -0.39 is 0 Å². The van der Waals surface area contributed by atoms with Gasteiger partial charge in [-0.15, -0.1) is 0 Å². The van der Waals surface area contributed by atoms with Gasteiger partial charge in [-0.3, -0.25) is 9.59 Å². The number of carbonyl (C=O) groups is 2. The average Bonchev–Trinajstić information content (AvgIpc) is 2.34. The maximum Gasteiger partial charge on any atom is 0.306 e. The number of hydrogen-bond acceptors (Lipinski definition) is 3. The number of rotatable bonds is 6. The molecule has 0 fully saturated rings. The van der Waals surface area contributed by atoms with Crippen molar-refractivity contribution in [3.63, 3.8) is 0 Å². The normalized spacial score (nSPS) is 11.9. The monoisotopic (exact) mass is 234 g/mol. The van der Waals surface area contributed by atoms with E-state index in [9.17, 15) is 9.59 Å². The van der Waals surface area contributed by atoms with Crippen molar-refractivity contribution in [2.45, 2.75) is 33.3 Å². The van der Waals surface area contributed by atoms with E-state index in [2.05, 4.69) is 0 Å². The van der Waals surface area contributed by atoms with Crippen LogP contribution in [0.5, 0.6) is 0 Å². The minimum Gasteiger partial charge on any atom is -0.461 e. The lowest BCUT2D eigenvalue weighted by atomic mass is 10.0. The van der Waals surface area contributed by atoms with Gasteiger partial charge in [-0.25, -0.2) is 0 Å². The van der Waals surface area contributed by atoms with Crippen LogP contribution in [0.1, 0.15) is 32.3 Å². The first kappa shape index (κ1) is 13.4. The number of benzene rings is 1. The Hall–Kier alpha value is -1.64. The molecule has 1 aromatic carbocycles. The fraction of sp³-hybridized carbons (Fsp3) is 0.429. The number of ketones is 1. The lowest BCUT2D eigenvalue weighted by molar-refractivity contribution is -0.145. The Morgan fingerprint density at radius 2 is 1.88 bits per heavy atom. The largest absolute Gasteiger partial charge is 0.461 e. The zero-order valence-corrected chi connectivity index (χ0v) is 10.3.